The molecular formula is C13H12F2O4. The average molecular weight is 270 g/mol. The predicted octanol–water partition coefficient (Wildman–Crippen LogP) is 2.74. The van der Waals surface area contributed by atoms with Crippen LogP contribution in [0, 0.1) is 0 Å². The zero-order valence-electron chi connectivity index (χ0n) is 9.85. The van der Waals surface area contributed by atoms with Crippen LogP contribution in [0.15, 0.2) is 24.3 Å². The average Bonchev–Trinajstić information content (AvgIpc) is 2.33. The van der Waals surface area contributed by atoms with E-state index in [9.17, 15) is 18.4 Å². The number of carboxylic acid groups (broad SMARTS) is 2. The van der Waals surface area contributed by atoms with Crippen LogP contribution < -0.4 is 0 Å². The van der Waals surface area contributed by atoms with Crippen LogP contribution in [0.5, 0.6) is 0 Å². The highest BCUT2D eigenvalue weighted by Gasteiger charge is 2.15. The molecule has 19 heavy (non-hydrogen) atoms. The third-order valence-corrected chi connectivity index (χ3v) is 2.48. The first-order valence-electron chi connectivity index (χ1n) is 5.44. The van der Waals surface area contributed by atoms with E-state index in [0.717, 1.165) is 6.08 Å². The van der Waals surface area contributed by atoms with Crippen LogP contribution in [0.25, 0.3) is 6.08 Å². The van der Waals surface area contributed by atoms with Gasteiger partial charge in [-0.05, 0) is 23.6 Å². The van der Waals surface area contributed by atoms with E-state index in [1.165, 1.54) is 24.3 Å². The summed E-state index contributed by atoms with van der Waals surface area (Å²) in [7, 11) is 0. The van der Waals surface area contributed by atoms with Gasteiger partial charge in [0.15, 0.2) is 0 Å². The summed E-state index contributed by atoms with van der Waals surface area (Å²) in [4.78, 5) is 21.0. The summed E-state index contributed by atoms with van der Waals surface area (Å²) in [5.74, 6) is -2.30. The summed E-state index contributed by atoms with van der Waals surface area (Å²) in [5.41, 5.74) is 0.188. The number of hydrogen-bond acceptors (Lipinski definition) is 2. The van der Waals surface area contributed by atoms with Crippen LogP contribution >= 0.6 is 0 Å². The maximum Gasteiger partial charge on any atom is 0.328 e. The van der Waals surface area contributed by atoms with Gasteiger partial charge in [0, 0.05) is 18.1 Å². The molecular weight excluding hydrogens is 258 g/mol. The molecule has 0 bridgehead atoms. The Kier molecular flexibility index (Phi) is 5.17. The van der Waals surface area contributed by atoms with Gasteiger partial charge < -0.3 is 10.2 Å². The molecule has 0 spiro atoms. The Labute approximate surface area is 108 Å². The van der Waals surface area contributed by atoms with Crippen molar-refractivity contribution in [3.63, 3.8) is 0 Å². The van der Waals surface area contributed by atoms with Crippen molar-refractivity contribution >= 4 is 18.0 Å². The zero-order valence-corrected chi connectivity index (χ0v) is 9.85. The Balaban J connectivity index is 3.17. The van der Waals surface area contributed by atoms with Crippen molar-refractivity contribution in [3.8, 4) is 0 Å². The molecule has 0 heterocycles. The quantitative estimate of drug-likeness (QED) is 0.779. The Morgan fingerprint density at radius 1 is 1.26 bits per heavy atom. The second-order valence-electron chi connectivity index (χ2n) is 3.78. The van der Waals surface area contributed by atoms with Gasteiger partial charge in [0.25, 0.3) is 6.43 Å². The maximum atomic E-state index is 12.8. The number of rotatable bonds is 6. The van der Waals surface area contributed by atoms with Crippen molar-refractivity contribution in [1.29, 1.82) is 0 Å². The van der Waals surface area contributed by atoms with Crippen LogP contribution in [0.4, 0.5) is 8.78 Å². The van der Waals surface area contributed by atoms with Crippen molar-refractivity contribution in [1.82, 2.24) is 0 Å². The SMILES string of the molecule is O=C(O)/C=C/c1cccc(C(F)F)c1CCC(=O)O. The minimum atomic E-state index is -2.73. The molecule has 0 aromatic heterocycles. The molecule has 0 saturated carbocycles. The van der Waals surface area contributed by atoms with Gasteiger partial charge in [-0.1, -0.05) is 18.2 Å². The van der Waals surface area contributed by atoms with E-state index < -0.39 is 18.4 Å². The molecule has 102 valence electrons. The largest absolute Gasteiger partial charge is 0.481 e. The molecule has 6 heteroatoms. The van der Waals surface area contributed by atoms with Gasteiger partial charge in [-0.3, -0.25) is 4.79 Å². The van der Waals surface area contributed by atoms with Gasteiger partial charge in [0.2, 0.25) is 0 Å². The van der Waals surface area contributed by atoms with Crippen molar-refractivity contribution in [2.45, 2.75) is 19.3 Å². The maximum absolute atomic E-state index is 12.8. The second-order valence-corrected chi connectivity index (χ2v) is 3.78. The van der Waals surface area contributed by atoms with E-state index >= 15 is 0 Å². The van der Waals surface area contributed by atoms with Gasteiger partial charge >= 0.3 is 11.9 Å². The summed E-state index contributed by atoms with van der Waals surface area (Å²) in [6, 6.07) is 4.07. The van der Waals surface area contributed by atoms with Crippen LogP contribution in [-0.4, -0.2) is 22.2 Å². The molecule has 1 rings (SSSR count). The number of benzene rings is 1. The van der Waals surface area contributed by atoms with E-state index in [4.69, 9.17) is 10.2 Å². The fourth-order valence-electron chi connectivity index (χ4n) is 1.67. The zero-order chi connectivity index (χ0) is 14.4. The smallest absolute Gasteiger partial charge is 0.328 e. The first-order valence-corrected chi connectivity index (χ1v) is 5.44. The number of carbonyl (C=O) groups is 2. The van der Waals surface area contributed by atoms with Crippen LogP contribution in [0.3, 0.4) is 0 Å². The van der Waals surface area contributed by atoms with Crippen molar-refractivity contribution in [2.75, 3.05) is 0 Å². The summed E-state index contributed by atoms with van der Waals surface area (Å²) in [6.07, 6.45) is -1.09. The molecule has 0 radical (unpaired) electrons. The van der Waals surface area contributed by atoms with Crippen molar-refractivity contribution in [2.24, 2.45) is 0 Å². The summed E-state index contributed by atoms with van der Waals surface area (Å²) >= 11 is 0. The van der Waals surface area contributed by atoms with Crippen LogP contribution in [0.2, 0.25) is 0 Å². The number of aliphatic carboxylic acids is 2. The third kappa shape index (κ3) is 4.50. The molecule has 1 aromatic carbocycles. The molecule has 0 aliphatic heterocycles. The first-order chi connectivity index (χ1) is 8.91. The van der Waals surface area contributed by atoms with Gasteiger partial charge in [0.05, 0.1) is 0 Å². The highest BCUT2D eigenvalue weighted by atomic mass is 19.3. The predicted molar refractivity (Wildman–Crippen MR) is 64.0 cm³/mol. The van der Waals surface area contributed by atoms with Gasteiger partial charge in [-0.25, -0.2) is 13.6 Å². The van der Waals surface area contributed by atoms with Gasteiger partial charge in [-0.2, -0.15) is 0 Å². The summed E-state index contributed by atoms with van der Waals surface area (Å²) in [6.45, 7) is 0. The molecule has 4 nitrogen and oxygen atoms in total. The molecule has 0 aliphatic carbocycles. The fourth-order valence-corrected chi connectivity index (χ4v) is 1.67. The highest BCUT2D eigenvalue weighted by molar-refractivity contribution is 5.85. The molecule has 0 saturated heterocycles. The Morgan fingerprint density at radius 2 is 1.95 bits per heavy atom. The van der Waals surface area contributed by atoms with E-state index in [2.05, 4.69) is 0 Å². The lowest BCUT2D eigenvalue weighted by molar-refractivity contribution is -0.137. The molecule has 2 N–H and O–H groups in total. The third-order valence-electron chi connectivity index (χ3n) is 2.48. The Bertz CT molecular complexity index is 509. The fraction of sp³-hybridized carbons (Fsp3) is 0.231. The molecule has 0 fully saturated rings. The summed E-state index contributed by atoms with van der Waals surface area (Å²) < 4.78 is 25.7. The Morgan fingerprint density at radius 3 is 2.47 bits per heavy atom. The van der Waals surface area contributed by atoms with Crippen molar-refractivity contribution in [3.05, 3.63) is 41.0 Å². The molecule has 0 aliphatic rings. The van der Waals surface area contributed by atoms with Crippen molar-refractivity contribution < 1.29 is 28.6 Å². The lowest BCUT2D eigenvalue weighted by atomic mass is 9.96. The number of carboxylic acids is 2. The normalized spacial score (nSPS) is 11.1. The summed E-state index contributed by atoms with van der Waals surface area (Å²) in [5, 5.41) is 17.1. The standard InChI is InChI=1S/C13H12F2O4/c14-13(15)10-3-1-2-8(4-6-11(16)17)9(10)5-7-12(18)19/h1-4,6,13H,5,7H2,(H,16,17)(H,18,19)/b6-4+. The molecule has 0 amide bonds. The number of halogens is 2. The van der Waals surface area contributed by atoms with E-state index in [1.54, 1.807) is 0 Å². The van der Waals surface area contributed by atoms with E-state index in [0.29, 0.717) is 5.56 Å². The Hall–Kier alpha value is -2.24. The second kappa shape index (κ2) is 6.63. The van der Waals surface area contributed by atoms with Gasteiger partial charge in [0.1, 0.15) is 0 Å². The highest BCUT2D eigenvalue weighted by Crippen LogP contribution is 2.27. The van der Waals surface area contributed by atoms with Gasteiger partial charge in [-0.15, -0.1) is 0 Å². The minimum Gasteiger partial charge on any atom is -0.481 e. The molecule has 0 unspecified atom stereocenters. The minimum absolute atomic E-state index is 0.0743. The lowest BCUT2D eigenvalue weighted by Crippen LogP contribution is -2.03. The number of hydrogen-bond donors (Lipinski definition) is 2. The monoisotopic (exact) mass is 270 g/mol. The molecule has 0 atom stereocenters. The van der Waals surface area contributed by atoms with E-state index in [-0.39, 0.29) is 24.0 Å². The van der Waals surface area contributed by atoms with Crippen LogP contribution in [0.1, 0.15) is 29.5 Å². The van der Waals surface area contributed by atoms with Crippen LogP contribution in [-0.2, 0) is 16.0 Å². The molecule has 1 aromatic rings. The number of alkyl halides is 2. The first kappa shape index (κ1) is 14.8. The lowest BCUT2D eigenvalue weighted by Gasteiger charge is -2.11. The van der Waals surface area contributed by atoms with E-state index in [1.807, 2.05) is 0 Å². The topological polar surface area (TPSA) is 74.6 Å².